The summed E-state index contributed by atoms with van der Waals surface area (Å²) in [7, 11) is 0. The molecule has 0 spiro atoms. The second kappa shape index (κ2) is 4.54. The molecule has 90 valence electrons. The number of aromatic nitrogens is 1. The molecule has 1 aromatic rings. The Morgan fingerprint density at radius 2 is 2.35 bits per heavy atom. The van der Waals surface area contributed by atoms with Crippen LogP contribution in [-0.2, 0) is 0 Å². The predicted octanol–water partition coefficient (Wildman–Crippen LogP) is 3.31. The maximum atomic E-state index is 4.40. The zero-order valence-corrected chi connectivity index (χ0v) is 11.6. The number of hydrogen-bond acceptors (Lipinski definition) is 2. The molecule has 1 fully saturated rings. The minimum absolute atomic E-state index is 0.669. The van der Waals surface area contributed by atoms with Gasteiger partial charge in [-0.05, 0) is 77.3 Å². The van der Waals surface area contributed by atoms with Gasteiger partial charge >= 0.3 is 0 Å². The molecule has 3 heteroatoms. The third kappa shape index (κ3) is 2.18. The SMILES string of the molecule is Cc1cc(C2=CC3CCCNC3C2)cnc1Br. The summed E-state index contributed by atoms with van der Waals surface area (Å²) in [5, 5.41) is 3.63. The number of halogens is 1. The fraction of sp³-hybridized carbons (Fsp3) is 0.500. The average molecular weight is 293 g/mol. The molecule has 1 aliphatic heterocycles. The van der Waals surface area contributed by atoms with Gasteiger partial charge in [-0.25, -0.2) is 4.98 Å². The van der Waals surface area contributed by atoms with Crippen LogP contribution in [0.5, 0.6) is 0 Å². The zero-order chi connectivity index (χ0) is 11.8. The third-order valence-electron chi connectivity index (χ3n) is 3.88. The van der Waals surface area contributed by atoms with Gasteiger partial charge in [-0.15, -0.1) is 0 Å². The number of aryl methyl sites for hydroxylation is 1. The highest BCUT2D eigenvalue weighted by Gasteiger charge is 2.29. The lowest BCUT2D eigenvalue weighted by molar-refractivity contribution is 0.348. The number of piperidine rings is 1. The molecule has 1 aromatic heterocycles. The smallest absolute Gasteiger partial charge is 0.109 e. The molecule has 1 aliphatic carbocycles. The van der Waals surface area contributed by atoms with Gasteiger partial charge < -0.3 is 5.32 Å². The molecule has 3 rings (SSSR count). The Hall–Kier alpha value is -0.670. The molecule has 0 aromatic carbocycles. The van der Waals surface area contributed by atoms with Crippen LogP contribution >= 0.6 is 15.9 Å². The summed E-state index contributed by atoms with van der Waals surface area (Å²) in [5.74, 6) is 0.739. The number of pyridine rings is 1. The Labute approximate surface area is 111 Å². The maximum absolute atomic E-state index is 4.40. The van der Waals surface area contributed by atoms with Crippen molar-refractivity contribution in [3.05, 3.63) is 34.1 Å². The van der Waals surface area contributed by atoms with Crippen molar-refractivity contribution in [2.75, 3.05) is 6.54 Å². The van der Waals surface area contributed by atoms with E-state index in [1.807, 2.05) is 6.20 Å². The quantitative estimate of drug-likeness (QED) is 0.804. The van der Waals surface area contributed by atoms with Crippen LogP contribution in [0.15, 0.2) is 22.9 Å². The first-order chi connectivity index (χ1) is 8.24. The van der Waals surface area contributed by atoms with Crippen LogP contribution in [0.1, 0.15) is 30.4 Å². The fourth-order valence-electron chi connectivity index (χ4n) is 2.91. The zero-order valence-electron chi connectivity index (χ0n) is 10.0. The van der Waals surface area contributed by atoms with Crippen molar-refractivity contribution < 1.29 is 0 Å². The van der Waals surface area contributed by atoms with Gasteiger partial charge in [0.1, 0.15) is 4.60 Å². The predicted molar refractivity (Wildman–Crippen MR) is 73.8 cm³/mol. The Morgan fingerprint density at radius 1 is 1.47 bits per heavy atom. The molecule has 17 heavy (non-hydrogen) atoms. The van der Waals surface area contributed by atoms with E-state index in [1.54, 1.807) is 0 Å². The van der Waals surface area contributed by atoms with Gasteiger partial charge in [0.25, 0.3) is 0 Å². The van der Waals surface area contributed by atoms with Crippen LogP contribution < -0.4 is 5.32 Å². The highest BCUT2D eigenvalue weighted by atomic mass is 79.9. The van der Waals surface area contributed by atoms with E-state index in [1.165, 1.54) is 36.1 Å². The van der Waals surface area contributed by atoms with Crippen LogP contribution in [0.25, 0.3) is 5.57 Å². The van der Waals surface area contributed by atoms with E-state index in [2.05, 4.69) is 45.3 Å². The van der Waals surface area contributed by atoms with E-state index in [9.17, 15) is 0 Å². The summed E-state index contributed by atoms with van der Waals surface area (Å²) in [6, 6.07) is 2.91. The minimum atomic E-state index is 0.669. The molecular weight excluding hydrogens is 276 g/mol. The highest BCUT2D eigenvalue weighted by molar-refractivity contribution is 9.10. The summed E-state index contributed by atoms with van der Waals surface area (Å²) >= 11 is 3.46. The molecule has 1 N–H and O–H groups in total. The summed E-state index contributed by atoms with van der Waals surface area (Å²) in [6.45, 7) is 3.28. The van der Waals surface area contributed by atoms with Crippen molar-refractivity contribution in [3.63, 3.8) is 0 Å². The van der Waals surface area contributed by atoms with Crippen LogP contribution in [0.3, 0.4) is 0 Å². The Kier molecular flexibility index (Phi) is 3.05. The first kappa shape index (κ1) is 11.4. The van der Waals surface area contributed by atoms with E-state index in [0.717, 1.165) is 16.9 Å². The number of hydrogen-bond donors (Lipinski definition) is 1. The Balaban J connectivity index is 1.87. The van der Waals surface area contributed by atoms with Gasteiger partial charge in [0.2, 0.25) is 0 Å². The Morgan fingerprint density at radius 3 is 3.12 bits per heavy atom. The number of nitrogens with one attached hydrogen (secondary N) is 1. The van der Waals surface area contributed by atoms with Gasteiger partial charge in [-0.3, -0.25) is 0 Å². The van der Waals surface area contributed by atoms with Crippen LogP contribution in [0.2, 0.25) is 0 Å². The summed E-state index contributed by atoms with van der Waals surface area (Å²) in [4.78, 5) is 4.40. The number of nitrogens with zero attached hydrogens (tertiary/aromatic N) is 1. The van der Waals surface area contributed by atoms with E-state index in [4.69, 9.17) is 0 Å². The standard InChI is InChI=1S/C14H17BrN2/c1-9-5-12(8-17-14(9)15)11-6-10-3-2-4-16-13(10)7-11/h5-6,8,10,13,16H,2-4,7H2,1H3. The molecule has 0 saturated carbocycles. The van der Waals surface area contributed by atoms with Gasteiger partial charge in [0, 0.05) is 12.2 Å². The molecule has 2 aliphatic rings. The second-order valence-electron chi connectivity index (χ2n) is 5.09. The average Bonchev–Trinajstić information content (AvgIpc) is 2.76. The van der Waals surface area contributed by atoms with Crippen LogP contribution in [0, 0.1) is 12.8 Å². The van der Waals surface area contributed by atoms with Crippen molar-refractivity contribution in [2.24, 2.45) is 5.92 Å². The van der Waals surface area contributed by atoms with Crippen LogP contribution in [0.4, 0.5) is 0 Å². The van der Waals surface area contributed by atoms with Crippen molar-refractivity contribution in [2.45, 2.75) is 32.2 Å². The van der Waals surface area contributed by atoms with Crippen molar-refractivity contribution in [3.8, 4) is 0 Å². The van der Waals surface area contributed by atoms with Crippen molar-refractivity contribution in [1.29, 1.82) is 0 Å². The number of fused-ring (bicyclic) bond motifs is 1. The maximum Gasteiger partial charge on any atom is 0.109 e. The third-order valence-corrected chi connectivity index (χ3v) is 4.71. The summed E-state index contributed by atoms with van der Waals surface area (Å²) in [6.07, 6.45) is 8.25. The van der Waals surface area contributed by atoms with Gasteiger partial charge in [0.05, 0.1) is 0 Å². The Bertz CT molecular complexity index is 467. The molecule has 2 atom stereocenters. The molecule has 1 saturated heterocycles. The lowest BCUT2D eigenvalue weighted by Gasteiger charge is -2.25. The molecule has 0 radical (unpaired) electrons. The lowest BCUT2D eigenvalue weighted by atomic mass is 9.94. The molecule has 2 unspecified atom stereocenters. The van der Waals surface area contributed by atoms with Crippen molar-refractivity contribution >= 4 is 21.5 Å². The largest absolute Gasteiger partial charge is 0.313 e. The first-order valence-electron chi connectivity index (χ1n) is 6.30. The minimum Gasteiger partial charge on any atom is -0.313 e. The molecule has 0 amide bonds. The van der Waals surface area contributed by atoms with E-state index in [0.29, 0.717) is 6.04 Å². The van der Waals surface area contributed by atoms with E-state index >= 15 is 0 Å². The van der Waals surface area contributed by atoms with Crippen molar-refractivity contribution in [1.82, 2.24) is 10.3 Å². The lowest BCUT2D eigenvalue weighted by Crippen LogP contribution is -2.37. The topological polar surface area (TPSA) is 24.9 Å². The molecule has 2 heterocycles. The van der Waals surface area contributed by atoms with E-state index in [-0.39, 0.29) is 0 Å². The summed E-state index contributed by atoms with van der Waals surface area (Å²) < 4.78 is 0.954. The second-order valence-corrected chi connectivity index (χ2v) is 5.85. The van der Waals surface area contributed by atoms with Gasteiger partial charge in [-0.1, -0.05) is 6.08 Å². The fourth-order valence-corrected chi connectivity index (χ4v) is 3.13. The van der Waals surface area contributed by atoms with Gasteiger partial charge in [-0.2, -0.15) is 0 Å². The van der Waals surface area contributed by atoms with Gasteiger partial charge in [0.15, 0.2) is 0 Å². The summed E-state index contributed by atoms with van der Waals surface area (Å²) in [5.41, 5.74) is 3.98. The van der Waals surface area contributed by atoms with E-state index < -0.39 is 0 Å². The monoisotopic (exact) mass is 292 g/mol. The van der Waals surface area contributed by atoms with Crippen LogP contribution in [-0.4, -0.2) is 17.6 Å². The normalized spacial score (nSPS) is 27.8. The molecule has 2 nitrogen and oxygen atoms in total. The number of rotatable bonds is 1. The first-order valence-corrected chi connectivity index (χ1v) is 7.10. The molecule has 0 bridgehead atoms. The molecular formula is C14H17BrN2. The highest BCUT2D eigenvalue weighted by Crippen LogP contribution is 2.36.